The predicted molar refractivity (Wildman–Crippen MR) is 83.2 cm³/mol. The highest BCUT2D eigenvalue weighted by molar-refractivity contribution is 6.00. The average molecular weight is 380 g/mol. The number of anilines is 1. The molecule has 27 heavy (non-hydrogen) atoms. The number of rotatable bonds is 1. The summed E-state index contributed by atoms with van der Waals surface area (Å²) in [4.78, 5) is 14.4. The lowest BCUT2D eigenvalue weighted by atomic mass is 9.68. The molecule has 1 aromatic rings. The fourth-order valence-electron chi connectivity index (χ4n) is 5.40. The van der Waals surface area contributed by atoms with E-state index in [9.17, 15) is 23.1 Å². The lowest BCUT2D eigenvalue weighted by Gasteiger charge is -2.31. The van der Waals surface area contributed by atoms with Crippen LogP contribution in [0.1, 0.15) is 24.5 Å². The Labute approximate surface area is 152 Å². The van der Waals surface area contributed by atoms with E-state index in [4.69, 9.17) is 14.7 Å². The number of amides is 1. The highest BCUT2D eigenvalue weighted by atomic mass is 19.4. The van der Waals surface area contributed by atoms with E-state index in [0.717, 1.165) is 12.1 Å². The van der Waals surface area contributed by atoms with E-state index in [1.165, 1.54) is 17.0 Å². The summed E-state index contributed by atoms with van der Waals surface area (Å²) in [5.41, 5.74) is -3.43. The number of alkyl halides is 3. The highest BCUT2D eigenvalue weighted by Crippen LogP contribution is 2.65. The van der Waals surface area contributed by atoms with E-state index in [2.05, 4.69) is 0 Å². The van der Waals surface area contributed by atoms with E-state index in [0.29, 0.717) is 0 Å². The Hall–Kier alpha value is -2.15. The third-order valence-corrected chi connectivity index (χ3v) is 6.42. The maximum atomic E-state index is 13.3. The first-order chi connectivity index (χ1) is 12.6. The summed E-state index contributed by atoms with van der Waals surface area (Å²) < 4.78 is 51.8. The van der Waals surface area contributed by atoms with Crippen molar-refractivity contribution >= 4 is 11.6 Å². The zero-order valence-corrected chi connectivity index (χ0v) is 14.2. The summed E-state index contributed by atoms with van der Waals surface area (Å²) >= 11 is 0. The third kappa shape index (κ3) is 1.88. The fraction of sp³-hybridized carbons (Fsp3) is 0.556. The van der Waals surface area contributed by atoms with Crippen molar-refractivity contribution in [3.8, 4) is 6.07 Å². The molecule has 0 saturated carbocycles. The van der Waals surface area contributed by atoms with Crippen LogP contribution in [0.2, 0.25) is 0 Å². The Morgan fingerprint density at radius 3 is 2.81 bits per heavy atom. The minimum Gasteiger partial charge on any atom is -0.390 e. The second-order valence-electron chi connectivity index (χ2n) is 7.84. The first kappa shape index (κ1) is 17.0. The molecule has 9 heteroatoms. The number of nitriles is 1. The molecule has 0 aromatic heterocycles. The van der Waals surface area contributed by atoms with Crippen molar-refractivity contribution in [1.29, 1.82) is 5.26 Å². The van der Waals surface area contributed by atoms with Crippen molar-refractivity contribution in [3.05, 3.63) is 29.3 Å². The van der Waals surface area contributed by atoms with Gasteiger partial charge in [0.25, 0.3) is 0 Å². The number of benzene rings is 1. The minimum atomic E-state index is -4.72. The van der Waals surface area contributed by atoms with E-state index in [1.54, 1.807) is 6.92 Å². The van der Waals surface area contributed by atoms with E-state index in [1.807, 2.05) is 0 Å². The van der Waals surface area contributed by atoms with Crippen LogP contribution < -0.4 is 4.90 Å². The average Bonchev–Trinajstić information content (AvgIpc) is 3.24. The van der Waals surface area contributed by atoms with Gasteiger partial charge in [0.1, 0.15) is 11.8 Å². The Balaban J connectivity index is 1.61. The van der Waals surface area contributed by atoms with Crippen molar-refractivity contribution in [1.82, 2.24) is 0 Å². The van der Waals surface area contributed by atoms with Crippen molar-refractivity contribution in [3.63, 3.8) is 0 Å². The quantitative estimate of drug-likeness (QED) is 0.804. The Bertz CT molecular complexity index is 913. The number of nitrogens with zero attached hydrogens (tertiary/aromatic N) is 2. The lowest BCUT2D eigenvalue weighted by Crippen LogP contribution is -2.49. The van der Waals surface area contributed by atoms with Gasteiger partial charge in [-0.05, 0) is 25.1 Å². The standard InChI is InChI=1S/C18H15F3N2O4/c1-16-5-11(24)17(27-16)7-26-15-13(17)12(16)14(25)23(15)9-3-2-8(6-22)10(4-9)18(19,20)21/h2-4,11-13,15,24H,5,7H2,1H3/t11-,12+,13-,15-,16+,17-/m0/s1. The molecule has 4 saturated heterocycles. The summed E-state index contributed by atoms with van der Waals surface area (Å²) in [5.74, 6) is -1.40. The molecule has 6 nitrogen and oxygen atoms in total. The lowest BCUT2D eigenvalue weighted by molar-refractivity contribution is -0.138. The van der Waals surface area contributed by atoms with Crippen LogP contribution in [0, 0.1) is 23.2 Å². The van der Waals surface area contributed by atoms with Crippen LogP contribution in [0.5, 0.6) is 0 Å². The molecule has 4 aliphatic rings. The SMILES string of the molecule is C[C@@]12C[C@H](O)[C@]3(CO[C@H]4[C@@H]3[C@@H]1C(=O)N4c1ccc(C#N)c(C(F)(F)F)c1)O2. The van der Waals surface area contributed by atoms with Crippen LogP contribution in [0.3, 0.4) is 0 Å². The van der Waals surface area contributed by atoms with Crippen LogP contribution in [0.25, 0.3) is 0 Å². The number of aliphatic hydroxyl groups is 1. The molecular weight excluding hydrogens is 365 g/mol. The van der Waals surface area contributed by atoms with Gasteiger partial charge >= 0.3 is 6.18 Å². The van der Waals surface area contributed by atoms with Crippen molar-refractivity contribution in [2.24, 2.45) is 11.8 Å². The molecule has 0 aliphatic carbocycles. The van der Waals surface area contributed by atoms with E-state index >= 15 is 0 Å². The number of aliphatic hydroxyl groups excluding tert-OH is 1. The number of carbonyl (C=O) groups is 1. The van der Waals surface area contributed by atoms with Gasteiger partial charge in [-0.2, -0.15) is 18.4 Å². The number of hydrogen-bond donors (Lipinski definition) is 1. The number of halogens is 3. The van der Waals surface area contributed by atoms with Gasteiger partial charge in [-0.15, -0.1) is 0 Å². The van der Waals surface area contributed by atoms with Gasteiger partial charge in [0, 0.05) is 12.1 Å². The molecule has 4 heterocycles. The number of ether oxygens (including phenoxy) is 2. The summed E-state index contributed by atoms with van der Waals surface area (Å²) in [6.07, 6.45) is -6.02. The van der Waals surface area contributed by atoms with Gasteiger partial charge in [0.2, 0.25) is 5.91 Å². The summed E-state index contributed by atoms with van der Waals surface area (Å²) in [5, 5.41) is 19.4. The van der Waals surface area contributed by atoms with Gasteiger partial charge < -0.3 is 14.6 Å². The Morgan fingerprint density at radius 1 is 1.41 bits per heavy atom. The van der Waals surface area contributed by atoms with Crippen LogP contribution in [-0.2, 0) is 20.4 Å². The minimum absolute atomic E-state index is 0.0280. The van der Waals surface area contributed by atoms with Crippen LogP contribution in [0.4, 0.5) is 18.9 Å². The zero-order chi connectivity index (χ0) is 19.4. The molecule has 142 valence electrons. The number of fused-ring (bicyclic) bond motifs is 2. The summed E-state index contributed by atoms with van der Waals surface area (Å²) in [6, 6.07) is 4.73. The molecule has 0 unspecified atom stereocenters. The van der Waals surface area contributed by atoms with E-state index in [-0.39, 0.29) is 24.6 Å². The summed E-state index contributed by atoms with van der Waals surface area (Å²) in [7, 11) is 0. The topological polar surface area (TPSA) is 82.8 Å². The number of carbonyl (C=O) groups excluding carboxylic acids is 1. The monoisotopic (exact) mass is 380 g/mol. The van der Waals surface area contributed by atoms with Gasteiger partial charge in [-0.1, -0.05) is 0 Å². The molecular formula is C18H15F3N2O4. The molecule has 4 fully saturated rings. The van der Waals surface area contributed by atoms with Crippen LogP contribution >= 0.6 is 0 Å². The zero-order valence-electron chi connectivity index (χ0n) is 14.2. The molecule has 1 aromatic carbocycles. The second-order valence-corrected chi connectivity index (χ2v) is 7.84. The largest absolute Gasteiger partial charge is 0.417 e. The normalized spacial score (nSPS) is 41.9. The van der Waals surface area contributed by atoms with Crippen LogP contribution in [-0.4, -0.2) is 41.2 Å². The smallest absolute Gasteiger partial charge is 0.390 e. The summed E-state index contributed by atoms with van der Waals surface area (Å²) in [6.45, 7) is 1.84. The van der Waals surface area contributed by atoms with Gasteiger partial charge in [0.15, 0.2) is 0 Å². The Morgan fingerprint density at radius 2 is 2.15 bits per heavy atom. The van der Waals surface area contributed by atoms with Gasteiger partial charge in [0.05, 0.1) is 47.3 Å². The van der Waals surface area contributed by atoms with Crippen molar-refractivity contribution in [2.45, 2.75) is 43.1 Å². The van der Waals surface area contributed by atoms with Crippen molar-refractivity contribution < 1.29 is 32.5 Å². The third-order valence-electron chi connectivity index (χ3n) is 6.42. The number of hydrogen-bond acceptors (Lipinski definition) is 5. The van der Waals surface area contributed by atoms with E-state index < -0.39 is 52.7 Å². The first-order valence-corrected chi connectivity index (χ1v) is 8.57. The molecule has 6 atom stereocenters. The predicted octanol–water partition coefficient (Wildman–Crippen LogP) is 1.80. The molecule has 5 rings (SSSR count). The molecule has 1 amide bonds. The molecule has 4 aliphatic heterocycles. The molecule has 1 N–H and O–H groups in total. The molecule has 0 radical (unpaired) electrons. The van der Waals surface area contributed by atoms with Crippen LogP contribution in [0.15, 0.2) is 18.2 Å². The van der Waals surface area contributed by atoms with Gasteiger partial charge in [-0.3, -0.25) is 9.69 Å². The maximum absolute atomic E-state index is 13.3. The Kier molecular flexibility index (Phi) is 3.03. The van der Waals surface area contributed by atoms with Crippen molar-refractivity contribution in [2.75, 3.05) is 11.5 Å². The second kappa shape index (κ2) is 4.82. The highest BCUT2D eigenvalue weighted by Gasteiger charge is 2.80. The molecule has 2 bridgehead atoms. The fourth-order valence-corrected chi connectivity index (χ4v) is 5.40. The van der Waals surface area contributed by atoms with Gasteiger partial charge in [-0.25, -0.2) is 0 Å². The first-order valence-electron chi connectivity index (χ1n) is 8.57. The molecule has 1 spiro atoms. The maximum Gasteiger partial charge on any atom is 0.417 e.